The largest absolute Gasteiger partial charge is 0.444 e. The highest BCUT2D eigenvalue weighted by molar-refractivity contribution is 5.93. The number of allylic oxidation sites excluding steroid dienone is 2. The average Bonchev–Trinajstić information content (AvgIpc) is 3.57. The van der Waals surface area contributed by atoms with Gasteiger partial charge in [-0.15, -0.1) is 0 Å². The summed E-state index contributed by atoms with van der Waals surface area (Å²) in [7, 11) is 0. The molecule has 2 aliphatic carbocycles. The first-order valence-corrected chi connectivity index (χ1v) is 11.2. The van der Waals surface area contributed by atoms with Crippen molar-refractivity contribution in [3.63, 3.8) is 0 Å². The lowest BCUT2D eigenvalue weighted by Gasteiger charge is -2.43. The molecule has 0 spiro atoms. The number of para-hydroxylation sites is 2. The highest BCUT2D eigenvalue weighted by Crippen LogP contribution is 2.72. The fraction of sp³-hybridized carbons (Fsp3) is 0.296. The monoisotopic (exact) mass is 452 g/mol. The van der Waals surface area contributed by atoms with Crippen molar-refractivity contribution in [1.82, 2.24) is 0 Å². The second kappa shape index (κ2) is 7.48. The topological polar surface area (TPSA) is 85.2 Å². The number of hydrogen-bond acceptors (Lipinski definition) is 5. The van der Waals surface area contributed by atoms with E-state index in [9.17, 15) is 14.9 Å². The number of fused-ring (bicyclic) bond motifs is 1. The number of nitro groups is 1. The van der Waals surface area contributed by atoms with Crippen molar-refractivity contribution >= 4 is 17.5 Å². The van der Waals surface area contributed by atoms with Crippen LogP contribution in [0.15, 0.2) is 60.7 Å². The average molecular weight is 452 g/mol. The summed E-state index contributed by atoms with van der Waals surface area (Å²) in [4.78, 5) is 26.0. The van der Waals surface area contributed by atoms with Crippen LogP contribution >= 0.6 is 0 Å². The molecule has 0 radical (unpaired) electrons. The van der Waals surface area contributed by atoms with Gasteiger partial charge in [0.15, 0.2) is 0 Å². The number of carbonyl (C=O) groups is 1. The molecule has 0 N–H and O–H groups in total. The molecule has 6 rings (SSSR count). The summed E-state index contributed by atoms with van der Waals surface area (Å²) >= 11 is 0. The predicted octanol–water partition coefficient (Wildman–Crippen LogP) is 4.46. The van der Waals surface area contributed by atoms with E-state index in [0.29, 0.717) is 11.3 Å². The lowest BCUT2D eigenvalue weighted by molar-refractivity contribution is -0.385. The summed E-state index contributed by atoms with van der Waals surface area (Å²) in [5.74, 6) is 12.7. The van der Waals surface area contributed by atoms with E-state index in [2.05, 4.69) is 23.7 Å². The van der Waals surface area contributed by atoms with E-state index in [1.807, 2.05) is 24.3 Å². The molecular formula is C27H20N2O5. The minimum Gasteiger partial charge on any atom is -0.444 e. The molecule has 1 saturated heterocycles. The van der Waals surface area contributed by atoms with E-state index in [4.69, 9.17) is 9.47 Å². The van der Waals surface area contributed by atoms with Crippen LogP contribution in [0.4, 0.5) is 16.2 Å². The summed E-state index contributed by atoms with van der Waals surface area (Å²) in [5, 5.41) is 11.4. The zero-order valence-corrected chi connectivity index (χ0v) is 18.2. The lowest BCUT2D eigenvalue weighted by atomic mass is 9.64. The van der Waals surface area contributed by atoms with Crippen LogP contribution in [0.5, 0.6) is 0 Å². The number of anilines is 1. The molecule has 4 atom stereocenters. The molecule has 2 heterocycles. The fourth-order valence-corrected chi connectivity index (χ4v) is 5.79. The van der Waals surface area contributed by atoms with Gasteiger partial charge in [-0.2, -0.15) is 0 Å². The molecule has 4 unspecified atom stereocenters. The second-order valence-corrected chi connectivity index (χ2v) is 8.81. The zero-order valence-electron chi connectivity index (χ0n) is 18.2. The maximum Gasteiger partial charge on any atom is 0.415 e. The Balaban J connectivity index is 1.42. The van der Waals surface area contributed by atoms with Gasteiger partial charge in [-0.1, -0.05) is 54.0 Å². The van der Waals surface area contributed by atoms with Crippen LogP contribution in [0.3, 0.4) is 0 Å². The Labute approximate surface area is 196 Å². The minimum atomic E-state index is -0.658. The Morgan fingerprint density at radius 2 is 1.91 bits per heavy atom. The highest BCUT2D eigenvalue weighted by atomic mass is 16.6. The van der Waals surface area contributed by atoms with Crippen molar-refractivity contribution in [2.45, 2.75) is 43.1 Å². The minimum absolute atomic E-state index is 0.000381. The van der Waals surface area contributed by atoms with Crippen LogP contribution < -0.4 is 4.90 Å². The first kappa shape index (κ1) is 20.5. The van der Waals surface area contributed by atoms with Gasteiger partial charge in [-0.3, -0.25) is 15.0 Å². The summed E-state index contributed by atoms with van der Waals surface area (Å²) in [6.45, 7) is -0.220. The van der Waals surface area contributed by atoms with Crippen LogP contribution in [-0.2, 0) is 21.7 Å². The number of nitro benzene ring substituents is 1. The van der Waals surface area contributed by atoms with Crippen molar-refractivity contribution in [2.75, 3.05) is 4.90 Å². The van der Waals surface area contributed by atoms with Gasteiger partial charge in [0.25, 0.3) is 5.69 Å². The summed E-state index contributed by atoms with van der Waals surface area (Å²) in [6.07, 6.45) is 5.40. The third-order valence-corrected chi connectivity index (χ3v) is 7.19. The van der Waals surface area contributed by atoms with E-state index >= 15 is 0 Å². The third-order valence-electron chi connectivity index (χ3n) is 7.19. The number of amides is 1. The van der Waals surface area contributed by atoms with E-state index in [0.717, 1.165) is 24.8 Å². The van der Waals surface area contributed by atoms with Gasteiger partial charge >= 0.3 is 6.09 Å². The van der Waals surface area contributed by atoms with Crippen molar-refractivity contribution in [3.8, 4) is 23.7 Å². The number of ether oxygens (including phenoxy) is 2. The molecule has 7 heteroatoms. The Hall–Kier alpha value is -4.07. The van der Waals surface area contributed by atoms with E-state index < -0.39 is 28.3 Å². The van der Waals surface area contributed by atoms with Crippen LogP contribution in [0.25, 0.3) is 0 Å². The molecule has 2 aromatic rings. The maximum absolute atomic E-state index is 13.6. The van der Waals surface area contributed by atoms with Gasteiger partial charge < -0.3 is 9.47 Å². The molecular weight excluding hydrogens is 432 g/mol. The van der Waals surface area contributed by atoms with Gasteiger partial charge in [0, 0.05) is 11.6 Å². The number of hydrogen-bond donors (Lipinski definition) is 0. The normalized spacial score (nSPS) is 29.2. The van der Waals surface area contributed by atoms with E-state index in [-0.39, 0.29) is 18.2 Å². The quantitative estimate of drug-likeness (QED) is 0.297. The highest BCUT2D eigenvalue weighted by Gasteiger charge is 2.81. The lowest BCUT2D eigenvalue weighted by Crippen LogP contribution is -2.57. The van der Waals surface area contributed by atoms with E-state index in [1.165, 1.54) is 6.07 Å². The van der Waals surface area contributed by atoms with Crippen LogP contribution in [0, 0.1) is 39.7 Å². The molecule has 4 bridgehead atoms. The molecule has 1 amide bonds. The Bertz CT molecular complexity index is 1380. The van der Waals surface area contributed by atoms with Crippen molar-refractivity contribution in [3.05, 3.63) is 81.9 Å². The summed E-state index contributed by atoms with van der Waals surface area (Å²) in [6, 6.07) is 13.4. The standard InChI is InChI=1S/C27H20N2O5/c30-25(33-18-19-10-5-7-14-22(19)29(31)32)28-23-15-8-6-13-21(23)27-20-11-3-1-2-4-16-24(28)26(27,34-27)17-9-12-20/h1-2,5-8,10,13-15,20,24H,9,12,17-18H2. The molecule has 0 aromatic heterocycles. The Kier molecular flexibility index (Phi) is 4.52. The van der Waals surface area contributed by atoms with Crippen LogP contribution in [-0.4, -0.2) is 22.7 Å². The van der Waals surface area contributed by atoms with Gasteiger partial charge in [0.2, 0.25) is 0 Å². The van der Waals surface area contributed by atoms with Gasteiger partial charge in [0.1, 0.15) is 23.9 Å². The second-order valence-electron chi connectivity index (χ2n) is 8.81. The molecule has 4 aliphatic rings. The molecule has 34 heavy (non-hydrogen) atoms. The smallest absolute Gasteiger partial charge is 0.415 e. The summed E-state index contributed by atoms with van der Waals surface area (Å²) < 4.78 is 12.3. The molecule has 2 aromatic carbocycles. The third kappa shape index (κ3) is 2.74. The Morgan fingerprint density at radius 1 is 1.15 bits per heavy atom. The molecule has 2 fully saturated rings. The molecule has 168 valence electrons. The van der Waals surface area contributed by atoms with Crippen molar-refractivity contribution in [1.29, 1.82) is 0 Å². The fourth-order valence-electron chi connectivity index (χ4n) is 5.79. The first-order chi connectivity index (χ1) is 16.6. The SMILES string of the molecule is O=C(OCc1ccccc1[N+](=O)[O-])N1c2ccccc2C23OC24CCCC3C#CC=CC#CC14. The number of carbonyl (C=O) groups excluding carboxylic acids is 1. The number of benzene rings is 2. The molecule has 7 nitrogen and oxygen atoms in total. The zero-order chi connectivity index (χ0) is 23.3. The molecule has 2 aliphatic heterocycles. The Morgan fingerprint density at radius 3 is 2.76 bits per heavy atom. The number of rotatable bonds is 3. The van der Waals surface area contributed by atoms with Gasteiger partial charge in [-0.25, -0.2) is 4.79 Å². The van der Waals surface area contributed by atoms with Crippen molar-refractivity contribution in [2.24, 2.45) is 5.92 Å². The number of epoxide rings is 1. The van der Waals surface area contributed by atoms with Crippen LogP contribution in [0.2, 0.25) is 0 Å². The van der Waals surface area contributed by atoms with Gasteiger partial charge in [0.05, 0.1) is 22.1 Å². The van der Waals surface area contributed by atoms with Crippen LogP contribution in [0.1, 0.15) is 30.4 Å². The maximum atomic E-state index is 13.6. The van der Waals surface area contributed by atoms with Crippen molar-refractivity contribution < 1.29 is 19.2 Å². The number of nitrogens with zero attached hydrogens (tertiary/aromatic N) is 2. The summed E-state index contributed by atoms with van der Waals surface area (Å²) in [5.41, 5.74) is 0.576. The predicted molar refractivity (Wildman–Crippen MR) is 124 cm³/mol. The molecule has 1 saturated carbocycles. The van der Waals surface area contributed by atoms with E-state index in [1.54, 1.807) is 35.3 Å². The van der Waals surface area contributed by atoms with Gasteiger partial charge in [-0.05, 0) is 43.5 Å². The first-order valence-electron chi connectivity index (χ1n) is 11.2.